The number of nitrogens with one attached hydrogen (secondary N) is 10. The maximum Gasteiger partial charge on any atom is 0.303 e. The van der Waals surface area contributed by atoms with Crippen molar-refractivity contribution in [3.63, 3.8) is 0 Å². The van der Waals surface area contributed by atoms with Gasteiger partial charge in [0.1, 0.15) is 61.8 Å². The standard InChI is InChI=1S/C85H136N10O39/c1-50(96)92-73-79(129-59(10)105)76(126-56(7)102)62(44-123-53(4)99)132-82(73)120-38-18-15-24-65(108)86-32-21-35-89-68(111)29-41-117-47-85(95-71(114)27-13-14-28-72(115)116,48-118-42-30-69(112)90-36-22-33-87-66(109)25-16-19-39-121-83-74(93-51(2)97)80(130-60(11)106)77(127-57(8)103)63(133-83)45-124-54(5)100)49-119-43-31-70(113)91-37-23-34-88-67(110)26-17-20-40-122-84-75(94-52(3)98)81(131-61(12)107)78(128-58(9)104)64(134-84)46-125-55(6)101/h62-64,73-84H,13-49H2,1-12H3,(H,86,108)(H,87,109)(H,88,110)(H,89,111)(H,90,112)(H,91,113)(H,92,96)(H,93,97)(H,94,98)(H,95,114)(H,115,116)/t62-,63-,64-,73-,74-,75-,76+,77+,78+,79-,80-,81-,82-,83-,84-/m1/s1. The average molecular weight is 1920 g/mol. The number of carbonyl (C=O) groups excluding carboxylic acids is 19. The largest absolute Gasteiger partial charge is 0.481 e. The van der Waals surface area contributed by atoms with E-state index in [0.29, 0.717) is 57.8 Å². The first-order chi connectivity index (χ1) is 63.6. The van der Waals surface area contributed by atoms with E-state index in [-0.39, 0.29) is 181 Å². The van der Waals surface area contributed by atoms with Crippen molar-refractivity contribution in [3.05, 3.63) is 0 Å². The monoisotopic (exact) mass is 1920 g/mol. The lowest BCUT2D eigenvalue weighted by Gasteiger charge is -2.44. The molecular formula is C85H136N10O39. The van der Waals surface area contributed by atoms with Gasteiger partial charge in [-0.25, -0.2) is 0 Å². The summed E-state index contributed by atoms with van der Waals surface area (Å²) in [6.45, 7) is 11.5. The third-order valence-electron chi connectivity index (χ3n) is 19.5. The quantitative estimate of drug-likeness (QED) is 0.0180. The fourth-order valence-electron chi connectivity index (χ4n) is 13.7. The van der Waals surface area contributed by atoms with Gasteiger partial charge >= 0.3 is 59.7 Å². The molecule has 0 aromatic carbocycles. The molecule has 0 spiro atoms. The summed E-state index contributed by atoms with van der Waals surface area (Å²) in [5, 5.41) is 36.6. The molecule has 15 atom stereocenters. The summed E-state index contributed by atoms with van der Waals surface area (Å²) < 4.78 is 102. The fraction of sp³-hybridized carbons (Fsp3) is 0.765. The molecule has 0 radical (unpaired) electrons. The first kappa shape index (κ1) is 117. The van der Waals surface area contributed by atoms with Gasteiger partial charge in [0.2, 0.25) is 59.1 Å². The van der Waals surface area contributed by atoms with Gasteiger partial charge < -0.3 is 144 Å². The molecule has 0 saturated carbocycles. The van der Waals surface area contributed by atoms with Gasteiger partial charge in [0.25, 0.3) is 0 Å². The minimum atomic E-state index is -1.56. The van der Waals surface area contributed by atoms with Crippen LogP contribution in [0.4, 0.5) is 0 Å². The summed E-state index contributed by atoms with van der Waals surface area (Å²) in [5.74, 6) is -12.3. The molecule has 0 bridgehead atoms. The van der Waals surface area contributed by atoms with Crippen LogP contribution >= 0.6 is 0 Å². The Bertz CT molecular complexity index is 3460. The maximum absolute atomic E-state index is 13.7. The van der Waals surface area contributed by atoms with Gasteiger partial charge in [-0.15, -0.1) is 0 Å². The Morgan fingerprint density at radius 1 is 0.269 bits per heavy atom. The number of unbranched alkanes of at least 4 members (excludes halogenated alkanes) is 4. The van der Waals surface area contributed by atoms with Gasteiger partial charge in [0.15, 0.2) is 55.5 Å². The van der Waals surface area contributed by atoms with Gasteiger partial charge in [0, 0.05) is 194 Å². The fourth-order valence-corrected chi connectivity index (χ4v) is 13.7. The van der Waals surface area contributed by atoms with Gasteiger partial charge in [-0.1, -0.05) is 0 Å². The van der Waals surface area contributed by atoms with E-state index in [2.05, 4.69) is 53.2 Å². The van der Waals surface area contributed by atoms with E-state index in [4.69, 9.17) is 85.3 Å². The van der Waals surface area contributed by atoms with E-state index in [0.717, 1.165) is 62.3 Å². The summed E-state index contributed by atoms with van der Waals surface area (Å²) in [6.07, 6.45) is -13.0. The first-order valence-electron chi connectivity index (χ1n) is 44.5. The molecule has 10 amide bonds. The molecule has 3 fully saturated rings. The zero-order valence-corrected chi connectivity index (χ0v) is 78.3. The molecular weight excluding hydrogens is 1780 g/mol. The van der Waals surface area contributed by atoms with Crippen LogP contribution in [0.2, 0.25) is 0 Å². The highest BCUT2D eigenvalue weighted by molar-refractivity contribution is 5.80. The Hall–Kier alpha value is -11.0. The molecule has 0 aliphatic carbocycles. The predicted octanol–water partition coefficient (Wildman–Crippen LogP) is -1.90. The van der Waals surface area contributed by atoms with Crippen LogP contribution in [-0.4, -0.2) is 340 Å². The number of esters is 9. The van der Waals surface area contributed by atoms with Crippen LogP contribution in [0.1, 0.15) is 205 Å². The number of aliphatic carboxylic acids is 1. The molecule has 760 valence electrons. The Morgan fingerprint density at radius 3 is 0.739 bits per heavy atom. The van der Waals surface area contributed by atoms with E-state index in [9.17, 15) is 101 Å². The van der Waals surface area contributed by atoms with Crippen molar-refractivity contribution >= 4 is 119 Å². The molecule has 3 aliphatic heterocycles. The van der Waals surface area contributed by atoms with E-state index >= 15 is 0 Å². The smallest absolute Gasteiger partial charge is 0.303 e. The Balaban J connectivity index is 1.62. The van der Waals surface area contributed by atoms with E-state index in [1.807, 2.05) is 0 Å². The summed E-state index contributed by atoms with van der Waals surface area (Å²) in [5.41, 5.74) is -1.56. The normalized spacial score (nSPS) is 21.2. The molecule has 0 aromatic rings. The highest BCUT2D eigenvalue weighted by atomic mass is 16.7. The maximum atomic E-state index is 13.7. The molecule has 3 heterocycles. The van der Waals surface area contributed by atoms with Crippen LogP contribution < -0.4 is 53.2 Å². The molecule has 49 heteroatoms. The van der Waals surface area contributed by atoms with Crippen LogP contribution in [0.25, 0.3) is 0 Å². The highest BCUT2D eigenvalue weighted by Gasteiger charge is 2.55. The molecule has 0 unspecified atom stereocenters. The predicted molar refractivity (Wildman–Crippen MR) is 457 cm³/mol. The molecule has 3 aliphatic rings. The van der Waals surface area contributed by atoms with Gasteiger partial charge in [-0.3, -0.25) is 95.9 Å². The summed E-state index contributed by atoms with van der Waals surface area (Å²) in [6, 6.07) is -3.54. The molecule has 11 N–H and O–H groups in total. The Labute approximate surface area is 776 Å². The number of amides is 10. The van der Waals surface area contributed by atoms with Gasteiger partial charge in [-0.2, -0.15) is 0 Å². The summed E-state index contributed by atoms with van der Waals surface area (Å²) in [4.78, 5) is 248. The minimum absolute atomic E-state index is 0.0235. The van der Waals surface area contributed by atoms with Crippen LogP contribution in [0.3, 0.4) is 0 Å². The van der Waals surface area contributed by atoms with E-state index < -0.39 is 218 Å². The number of hydrogen-bond acceptors (Lipinski definition) is 38. The van der Waals surface area contributed by atoms with Crippen molar-refractivity contribution in [1.29, 1.82) is 0 Å². The number of carbonyl (C=O) groups is 20. The number of ether oxygens (including phenoxy) is 18. The third-order valence-corrected chi connectivity index (χ3v) is 19.5. The third kappa shape index (κ3) is 51.5. The van der Waals surface area contributed by atoms with Crippen molar-refractivity contribution in [3.8, 4) is 0 Å². The van der Waals surface area contributed by atoms with Crippen molar-refractivity contribution in [2.24, 2.45) is 0 Å². The van der Waals surface area contributed by atoms with Crippen molar-refractivity contribution in [2.75, 3.05) is 119 Å². The SMILES string of the molecule is CC(=O)N[C@H]1[C@H](OCCCCC(=O)NCCCNC(=O)CCOCC(COCCC(=O)NCCCNC(=O)CCCCO[C@@H]2O[C@H](COC(C)=O)[C@H](OC(C)=O)[C@H](OC(C)=O)[C@H]2NC(C)=O)(COCCC(=O)NCCCNC(=O)CCCCO[C@@H]2O[C@H](COC(C)=O)[C@H](OC(C)=O)[C@H](OC(C)=O)[C@H]2NC(C)=O)NC(=O)CCCCC(=O)O)O[C@H](COC(C)=O)[C@H](OC(C)=O)[C@@H]1OC(C)=O. The van der Waals surface area contributed by atoms with Gasteiger partial charge in [0.05, 0.1) is 39.6 Å². The second-order valence-electron chi connectivity index (χ2n) is 31.6. The molecule has 3 saturated heterocycles. The zero-order valence-electron chi connectivity index (χ0n) is 78.3. The molecule has 134 heavy (non-hydrogen) atoms. The van der Waals surface area contributed by atoms with E-state index in [1.54, 1.807) is 0 Å². The summed E-state index contributed by atoms with van der Waals surface area (Å²) in [7, 11) is 0. The second-order valence-corrected chi connectivity index (χ2v) is 31.6. The van der Waals surface area contributed by atoms with Crippen LogP contribution in [-0.2, 0) is 181 Å². The molecule has 3 rings (SSSR count). The summed E-state index contributed by atoms with van der Waals surface area (Å²) >= 11 is 0. The second kappa shape index (κ2) is 65.6. The lowest BCUT2D eigenvalue weighted by atomic mass is 9.96. The number of carboxylic acids is 1. The number of rotatable bonds is 66. The lowest BCUT2D eigenvalue weighted by Crippen LogP contribution is -2.66. The number of carboxylic acid groups (broad SMARTS) is 1. The Kier molecular flexibility index (Phi) is 57.4. The Morgan fingerprint density at radius 2 is 0.500 bits per heavy atom. The number of hydrogen-bond donors (Lipinski definition) is 11. The first-order valence-corrected chi connectivity index (χ1v) is 44.5. The van der Waals surface area contributed by atoms with Crippen molar-refractivity contribution in [2.45, 2.75) is 303 Å². The van der Waals surface area contributed by atoms with Crippen molar-refractivity contribution < 1.29 is 186 Å². The van der Waals surface area contributed by atoms with Crippen molar-refractivity contribution in [1.82, 2.24) is 53.2 Å². The van der Waals surface area contributed by atoms with Crippen LogP contribution in [0.15, 0.2) is 0 Å². The minimum Gasteiger partial charge on any atom is -0.481 e. The highest BCUT2D eigenvalue weighted by Crippen LogP contribution is 2.32. The molecule has 49 nitrogen and oxygen atoms in total. The van der Waals surface area contributed by atoms with Crippen LogP contribution in [0.5, 0.6) is 0 Å². The van der Waals surface area contributed by atoms with Gasteiger partial charge in [-0.05, 0) is 70.6 Å². The molecule has 0 aromatic heterocycles. The van der Waals surface area contributed by atoms with Crippen LogP contribution in [0, 0.1) is 0 Å². The zero-order chi connectivity index (χ0) is 99.7. The average Bonchev–Trinajstić information content (AvgIpc) is 0.991. The lowest BCUT2D eigenvalue weighted by molar-refractivity contribution is -0.277. The topological polar surface area (TPSA) is 648 Å². The van der Waals surface area contributed by atoms with E-state index in [1.165, 1.54) is 20.8 Å².